The fourth-order valence-electron chi connectivity index (χ4n) is 2.44. The molecule has 3 aromatic rings. The van der Waals surface area contributed by atoms with Gasteiger partial charge in [0.25, 0.3) is 5.91 Å². The summed E-state index contributed by atoms with van der Waals surface area (Å²) in [5, 5.41) is 16.7. The average molecular weight is 445 g/mol. The number of aromatic nitrogens is 4. The van der Waals surface area contributed by atoms with Crippen LogP contribution in [0.25, 0.3) is 0 Å². The van der Waals surface area contributed by atoms with E-state index in [1.165, 1.54) is 23.1 Å². The zero-order valence-electron chi connectivity index (χ0n) is 16.2. The van der Waals surface area contributed by atoms with Crippen molar-refractivity contribution in [1.29, 1.82) is 0 Å². The van der Waals surface area contributed by atoms with Gasteiger partial charge < -0.3 is 19.9 Å². The van der Waals surface area contributed by atoms with E-state index in [2.05, 4.69) is 32.4 Å². The number of anilines is 1. The lowest BCUT2D eigenvalue weighted by molar-refractivity contribution is -0.113. The smallest absolute Gasteiger partial charge is 0.251 e. The second-order valence-electron chi connectivity index (χ2n) is 5.88. The quantitative estimate of drug-likeness (QED) is 0.365. The number of amides is 2. The number of nitrogens with one attached hydrogen (secondary N) is 2. The van der Waals surface area contributed by atoms with Gasteiger partial charge in [0.2, 0.25) is 5.91 Å². The van der Waals surface area contributed by atoms with Crippen LogP contribution in [0.4, 0.5) is 5.13 Å². The van der Waals surface area contributed by atoms with Gasteiger partial charge in [-0.3, -0.25) is 9.59 Å². The van der Waals surface area contributed by atoms with E-state index in [9.17, 15) is 9.59 Å². The van der Waals surface area contributed by atoms with Crippen LogP contribution in [0.2, 0.25) is 0 Å². The van der Waals surface area contributed by atoms with Gasteiger partial charge in [-0.15, -0.1) is 28.1 Å². The lowest BCUT2D eigenvalue weighted by Gasteiger charge is -2.09. The molecule has 0 saturated carbocycles. The summed E-state index contributed by atoms with van der Waals surface area (Å²) in [5.74, 6) is 0.991. The van der Waals surface area contributed by atoms with E-state index in [-0.39, 0.29) is 24.1 Å². The number of hydrogen-bond donors (Lipinski definition) is 2. The second kappa shape index (κ2) is 10.6. The Morgan fingerprint density at radius 2 is 2.10 bits per heavy atom. The Bertz CT molecular complexity index is 1000. The molecule has 0 aliphatic carbocycles. The third-order valence-electron chi connectivity index (χ3n) is 3.88. The molecule has 3 rings (SSSR count). The maximum Gasteiger partial charge on any atom is 0.251 e. The van der Waals surface area contributed by atoms with Gasteiger partial charge in [-0.1, -0.05) is 17.8 Å². The summed E-state index contributed by atoms with van der Waals surface area (Å²) in [6, 6.07) is 6.82. The summed E-state index contributed by atoms with van der Waals surface area (Å²) < 4.78 is 6.90. The van der Waals surface area contributed by atoms with Crippen LogP contribution in [-0.2, 0) is 17.9 Å². The van der Waals surface area contributed by atoms with Crippen molar-refractivity contribution in [3.05, 3.63) is 59.9 Å². The number of carbonyl (C=O) groups is 2. The molecule has 11 heteroatoms. The fourth-order valence-corrected chi connectivity index (χ4v) is 3.76. The Morgan fingerprint density at radius 3 is 2.77 bits per heavy atom. The first-order valence-corrected chi connectivity index (χ1v) is 10.7. The van der Waals surface area contributed by atoms with Gasteiger partial charge in [0, 0.05) is 23.7 Å². The molecule has 2 amide bonds. The Hall–Kier alpha value is -3.18. The van der Waals surface area contributed by atoms with Gasteiger partial charge in [-0.25, -0.2) is 4.98 Å². The van der Waals surface area contributed by atoms with Crippen LogP contribution < -0.4 is 15.4 Å². The zero-order chi connectivity index (χ0) is 21.3. The molecule has 30 heavy (non-hydrogen) atoms. The third-order valence-corrected chi connectivity index (χ3v) is 5.53. The van der Waals surface area contributed by atoms with Crippen LogP contribution >= 0.6 is 23.1 Å². The minimum absolute atomic E-state index is 0.160. The van der Waals surface area contributed by atoms with Crippen LogP contribution in [0.15, 0.2) is 53.7 Å². The summed E-state index contributed by atoms with van der Waals surface area (Å²) in [4.78, 5) is 28.5. The molecule has 2 heterocycles. The van der Waals surface area contributed by atoms with Gasteiger partial charge in [0.05, 0.1) is 19.4 Å². The summed E-state index contributed by atoms with van der Waals surface area (Å²) in [6.07, 6.45) is 3.33. The Morgan fingerprint density at radius 1 is 1.30 bits per heavy atom. The number of methoxy groups -OCH3 is 1. The normalized spacial score (nSPS) is 10.4. The van der Waals surface area contributed by atoms with Crippen molar-refractivity contribution < 1.29 is 14.3 Å². The van der Waals surface area contributed by atoms with Gasteiger partial charge >= 0.3 is 0 Å². The van der Waals surface area contributed by atoms with E-state index in [0.29, 0.717) is 34.0 Å². The van der Waals surface area contributed by atoms with Crippen molar-refractivity contribution in [1.82, 2.24) is 25.1 Å². The van der Waals surface area contributed by atoms with Gasteiger partial charge in [0.1, 0.15) is 5.75 Å². The van der Waals surface area contributed by atoms with E-state index in [0.717, 1.165) is 0 Å². The van der Waals surface area contributed by atoms with Crippen LogP contribution in [0.1, 0.15) is 16.2 Å². The molecule has 0 aliphatic rings. The zero-order valence-corrected chi connectivity index (χ0v) is 17.8. The minimum Gasteiger partial charge on any atom is -0.497 e. The molecule has 0 unspecified atom stereocenters. The first kappa shape index (κ1) is 21.5. The van der Waals surface area contributed by atoms with Crippen molar-refractivity contribution in [2.24, 2.45) is 0 Å². The summed E-state index contributed by atoms with van der Waals surface area (Å²) in [6.45, 7) is 4.40. The largest absolute Gasteiger partial charge is 0.497 e. The predicted octanol–water partition coefficient (Wildman–Crippen LogP) is 2.59. The topological polar surface area (TPSA) is 111 Å². The van der Waals surface area contributed by atoms with Crippen LogP contribution in [0, 0.1) is 0 Å². The molecule has 0 fully saturated rings. The summed E-state index contributed by atoms with van der Waals surface area (Å²) >= 11 is 2.60. The van der Waals surface area contributed by atoms with Gasteiger partial charge in [-0.2, -0.15) is 0 Å². The highest BCUT2D eigenvalue weighted by Crippen LogP contribution is 2.19. The number of hydrogen-bond acceptors (Lipinski definition) is 8. The average Bonchev–Trinajstić information content (AvgIpc) is 3.41. The number of carbonyl (C=O) groups excluding carboxylic acids is 2. The number of rotatable bonds is 10. The molecule has 0 atom stereocenters. The number of ether oxygens (including phenoxy) is 1. The number of benzene rings is 1. The lowest BCUT2D eigenvalue weighted by atomic mass is 10.2. The highest BCUT2D eigenvalue weighted by atomic mass is 32.2. The first-order chi connectivity index (χ1) is 14.6. The van der Waals surface area contributed by atoms with Crippen LogP contribution in [0.3, 0.4) is 0 Å². The van der Waals surface area contributed by atoms with Crippen molar-refractivity contribution in [2.75, 3.05) is 18.2 Å². The van der Waals surface area contributed by atoms with Crippen molar-refractivity contribution >= 4 is 40.0 Å². The summed E-state index contributed by atoms with van der Waals surface area (Å²) in [5.41, 5.74) is 0.513. The number of allylic oxidation sites excluding steroid dienone is 1. The Kier molecular flexibility index (Phi) is 7.57. The number of thiazole rings is 1. The molecule has 0 spiro atoms. The van der Waals surface area contributed by atoms with Crippen LogP contribution in [-0.4, -0.2) is 44.4 Å². The maximum atomic E-state index is 12.4. The van der Waals surface area contributed by atoms with E-state index in [4.69, 9.17) is 4.74 Å². The molecule has 156 valence electrons. The number of nitrogens with zero attached hydrogens (tertiary/aromatic N) is 4. The molecule has 2 aromatic heterocycles. The lowest BCUT2D eigenvalue weighted by Crippen LogP contribution is -2.24. The predicted molar refractivity (Wildman–Crippen MR) is 116 cm³/mol. The maximum absolute atomic E-state index is 12.4. The molecule has 0 bridgehead atoms. The van der Waals surface area contributed by atoms with Gasteiger partial charge in [-0.05, 0) is 24.3 Å². The van der Waals surface area contributed by atoms with E-state index >= 15 is 0 Å². The van der Waals surface area contributed by atoms with Crippen LogP contribution in [0.5, 0.6) is 5.75 Å². The minimum atomic E-state index is -0.233. The van der Waals surface area contributed by atoms with E-state index in [1.807, 2.05) is 4.57 Å². The SMILES string of the molecule is C=CCn1c(CNC(=O)c2ccc(OC)cc2)nnc1SCC(=O)Nc1nccs1. The highest BCUT2D eigenvalue weighted by Gasteiger charge is 2.15. The molecule has 2 N–H and O–H groups in total. The molecule has 1 aromatic carbocycles. The summed E-state index contributed by atoms with van der Waals surface area (Å²) in [7, 11) is 1.57. The molecular formula is C19H20N6O3S2. The van der Waals surface area contributed by atoms with Crippen molar-refractivity contribution in [2.45, 2.75) is 18.2 Å². The van der Waals surface area contributed by atoms with E-state index < -0.39 is 0 Å². The molecule has 0 saturated heterocycles. The molecule has 9 nitrogen and oxygen atoms in total. The van der Waals surface area contributed by atoms with Crippen molar-refractivity contribution in [3.63, 3.8) is 0 Å². The molecule has 0 aliphatic heterocycles. The second-order valence-corrected chi connectivity index (χ2v) is 7.72. The monoisotopic (exact) mass is 444 g/mol. The Balaban J connectivity index is 1.59. The fraction of sp³-hybridized carbons (Fsp3) is 0.211. The van der Waals surface area contributed by atoms with Gasteiger partial charge in [0.15, 0.2) is 16.1 Å². The van der Waals surface area contributed by atoms with E-state index in [1.54, 1.807) is 49.0 Å². The molecule has 0 radical (unpaired) electrons. The van der Waals surface area contributed by atoms with Crippen molar-refractivity contribution in [3.8, 4) is 5.75 Å². The Labute approximate surface area is 181 Å². The third kappa shape index (κ3) is 5.67. The molecular weight excluding hydrogens is 424 g/mol. The number of thioether (sulfide) groups is 1. The highest BCUT2D eigenvalue weighted by molar-refractivity contribution is 7.99. The standard InChI is InChI=1S/C19H20N6O3S2/c1-3-9-25-15(11-21-17(27)13-4-6-14(28-2)7-5-13)23-24-19(25)30-12-16(26)22-18-20-8-10-29-18/h3-8,10H,1,9,11-12H2,2H3,(H,21,27)(H,20,22,26). The first-order valence-electron chi connectivity index (χ1n) is 8.88.